The first-order valence-corrected chi connectivity index (χ1v) is 7.92. The largest absolute Gasteiger partial charge is 0.343 e. The van der Waals surface area contributed by atoms with Crippen LogP contribution in [0.2, 0.25) is 0 Å². The van der Waals surface area contributed by atoms with Crippen LogP contribution in [-0.4, -0.2) is 53.7 Å². The summed E-state index contributed by atoms with van der Waals surface area (Å²) >= 11 is 0. The molecule has 0 saturated carbocycles. The summed E-state index contributed by atoms with van der Waals surface area (Å²) < 4.78 is 26.3. The number of amides is 3. The topological polar surface area (TPSA) is 91.4 Å². The fourth-order valence-corrected chi connectivity index (χ4v) is 2.81. The molecular formula is C17H16F2N4O3. The number of nitrogens with zero attached hydrogens (tertiary/aromatic N) is 2. The molecule has 1 aromatic carbocycles. The van der Waals surface area contributed by atoms with E-state index in [2.05, 4.69) is 15.6 Å². The molecule has 2 aromatic rings. The van der Waals surface area contributed by atoms with E-state index in [1.165, 1.54) is 12.3 Å². The summed E-state index contributed by atoms with van der Waals surface area (Å²) in [6.45, 7) is -1.02. The number of rotatable bonds is 5. The highest BCUT2D eigenvalue weighted by Gasteiger charge is 2.40. The molecule has 26 heavy (non-hydrogen) atoms. The van der Waals surface area contributed by atoms with Gasteiger partial charge < -0.3 is 15.5 Å². The first kappa shape index (κ1) is 17.7. The van der Waals surface area contributed by atoms with Gasteiger partial charge in [0.05, 0.1) is 24.2 Å². The van der Waals surface area contributed by atoms with Gasteiger partial charge in [0.25, 0.3) is 11.8 Å². The predicted molar refractivity (Wildman–Crippen MR) is 89.9 cm³/mol. The average molecular weight is 362 g/mol. The van der Waals surface area contributed by atoms with Crippen LogP contribution < -0.4 is 10.6 Å². The van der Waals surface area contributed by atoms with Gasteiger partial charge in [-0.15, -0.1) is 0 Å². The van der Waals surface area contributed by atoms with Crippen LogP contribution in [0.4, 0.5) is 14.5 Å². The molecule has 7 nitrogen and oxygen atoms in total. The summed E-state index contributed by atoms with van der Waals surface area (Å²) in [5.74, 6) is -3.96. The minimum absolute atomic E-state index is 0.0272. The van der Waals surface area contributed by atoms with E-state index in [1.807, 2.05) is 0 Å². The van der Waals surface area contributed by atoms with E-state index in [9.17, 15) is 23.2 Å². The van der Waals surface area contributed by atoms with E-state index >= 15 is 0 Å². The van der Waals surface area contributed by atoms with Gasteiger partial charge in [0, 0.05) is 30.2 Å². The van der Waals surface area contributed by atoms with Crippen molar-refractivity contribution in [2.75, 3.05) is 25.0 Å². The second-order valence-electron chi connectivity index (χ2n) is 5.96. The predicted octanol–water partition coefficient (Wildman–Crippen LogP) is 1.40. The van der Waals surface area contributed by atoms with Crippen LogP contribution >= 0.6 is 0 Å². The van der Waals surface area contributed by atoms with Crippen molar-refractivity contribution in [2.45, 2.75) is 12.3 Å². The highest BCUT2D eigenvalue weighted by Crippen LogP contribution is 2.26. The molecule has 3 amide bonds. The Hall–Kier alpha value is -3.10. The van der Waals surface area contributed by atoms with Crippen LogP contribution in [0.25, 0.3) is 10.9 Å². The lowest BCUT2D eigenvalue weighted by Gasteiger charge is -2.16. The molecule has 3 rings (SSSR count). The van der Waals surface area contributed by atoms with E-state index in [4.69, 9.17) is 0 Å². The zero-order valence-electron chi connectivity index (χ0n) is 13.7. The van der Waals surface area contributed by atoms with Crippen molar-refractivity contribution in [3.05, 3.63) is 36.0 Å². The van der Waals surface area contributed by atoms with E-state index in [0.717, 1.165) is 4.90 Å². The number of likely N-dealkylation sites (tertiary alicyclic amines) is 1. The number of hydrogen-bond acceptors (Lipinski definition) is 4. The number of halogens is 2. The van der Waals surface area contributed by atoms with Crippen molar-refractivity contribution in [1.29, 1.82) is 0 Å². The van der Waals surface area contributed by atoms with Gasteiger partial charge in [-0.2, -0.15) is 0 Å². The summed E-state index contributed by atoms with van der Waals surface area (Å²) in [6.07, 6.45) is 1.60. The van der Waals surface area contributed by atoms with Crippen LogP contribution in [0.3, 0.4) is 0 Å². The molecule has 1 aliphatic rings. The average Bonchev–Trinajstić information content (AvgIpc) is 2.99. The van der Waals surface area contributed by atoms with Crippen molar-refractivity contribution in [1.82, 2.24) is 15.2 Å². The van der Waals surface area contributed by atoms with Gasteiger partial charge in [-0.3, -0.25) is 19.4 Å². The molecule has 9 heteroatoms. The van der Waals surface area contributed by atoms with Crippen molar-refractivity contribution in [2.24, 2.45) is 0 Å². The molecule has 0 atom stereocenters. The van der Waals surface area contributed by atoms with E-state index < -0.39 is 24.3 Å². The molecule has 1 saturated heterocycles. The maximum Gasteiger partial charge on any atom is 0.267 e. The summed E-state index contributed by atoms with van der Waals surface area (Å²) in [7, 11) is 0. The standard InChI is InChI=1S/C17H16F2N4O3/c18-17(19)4-6-23(9-17)15(25)8-21-16(26)12-3-5-20-14-2-1-11(22-10-24)7-13(12)14/h1-3,5,7,10H,4,6,8-9H2,(H,21,26)(H,22,24). The number of carbonyl (C=O) groups is 3. The zero-order valence-corrected chi connectivity index (χ0v) is 13.7. The van der Waals surface area contributed by atoms with Crippen molar-refractivity contribution in [3.63, 3.8) is 0 Å². The normalized spacial score (nSPS) is 15.7. The number of fused-ring (bicyclic) bond motifs is 1. The van der Waals surface area contributed by atoms with Gasteiger partial charge in [0.2, 0.25) is 12.3 Å². The molecule has 1 aromatic heterocycles. The Bertz CT molecular complexity index is 872. The fourth-order valence-electron chi connectivity index (χ4n) is 2.81. The third-order valence-corrected chi connectivity index (χ3v) is 4.13. The number of hydrogen-bond donors (Lipinski definition) is 2. The molecule has 0 radical (unpaired) electrons. The highest BCUT2D eigenvalue weighted by molar-refractivity contribution is 6.07. The minimum Gasteiger partial charge on any atom is -0.343 e. The SMILES string of the molecule is O=CNc1ccc2nccc(C(=O)NCC(=O)N3CCC(F)(F)C3)c2c1. The lowest BCUT2D eigenvalue weighted by molar-refractivity contribution is -0.130. The molecule has 1 aliphatic heterocycles. The van der Waals surface area contributed by atoms with Gasteiger partial charge >= 0.3 is 0 Å². The van der Waals surface area contributed by atoms with Crippen LogP contribution in [0, 0.1) is 0 Å². The second-order valence-corrected chi connectivity index (χ2v) is 5.96. The molecule has 0 unspecified atom stereocenters. The zero-order chi connectivity index (χ0) is 18.7. The Kier molecular flexibility index (Phi) is 4.79. The summed E-state index contributed by atoms with van der Waals surface area (Å²) in [5, 5.41) is 5.44. The Balaban J connectivity index is 1.72. The van der Waals surface area contributed by atoms with Gasteiger partial charge in [0.15, 0.2) is 0 Å². The number of pyridine rings is 1. The Morgan fingerprint density at radius 3 is 2.81 bits per heavy atom. The number of nitrogens with one attached hydrogen (secondary N) is 2. The minimum atomic E-state index is -2.87. The first-order valence-electron chi connectivity index (χ1n) is 7.92. The molecule has 136 valence electrons. The molecular weight excluding hydrogens is 346 g/mol. The monoisotopic (exact) mass is 362 g/mol. The van der Waals surface area contributed by atoms with Gasteiger partial charge in [-0.1, -0.05) is 0 Å². The summed E-state index contributed by atoms with van der Waals surface area (Å²) in [4.78, 5) is 40.2. The van der Waals surface area contributed by atoms with Crippen molar-refractivity contribution in [3.8, 4) is 0 Å². The smallest absolute Gasteiger partial charge is 0.267 e. The number of carbonyl (C=O) groups excluding carboxylic acids is 3. The lowest BCUT2D eigenvalue weighted by atomic mass is 10.1. The molecule has 0 spiro atoms. The number of anilines is 1. The third kappa shape index (κ3) is 3.76. The Morgan fingerprint density at radius 2 is 2.12 bits per heavy atom. The van der Waals surface area contributed by atoms with Crippen molar-refractivity contribution < 1.29 is 23.2 Å². The van der Waals surface area contributed by atoms with Crippen LogP contribution in [0.1, 0.15) is 16.8 Å². The number of alkyl halides is 2. The Labute approximate surface area is 147 Å². The van der Waals surface area contributed by atoms with Crippen LogP contribution in [0.5, 0.6) is 0 Å². The number of aromatic nitrogens is 1. The van der Waals surface area contributed by atoms with E-state index in [1.54, 1.807) is 18.2 Å². The second kappa shape index (κ2) is 7.03. The van der Waals surface area contributed by atoms with Gasteiger partial charge in [-0.05, 0) is 24.3 Å². The van der Waals surface area contributed by atoms with Crippen molar-refractivity contribution >= 4 is 34.8 Å². The van der Waals surface area contributed by atoms with Gasteiger partial charge in [0.1, 0.15) is 0 Å². The lowest BCUT2D eigenvalue weighted by Crippen LogP contribution is -2.40. The molecule has 2 N–H and O–H groups in total. The maximum absolute atomic E-state index is 13.2. The Morgan fingerprint density at radius 1 is 1.31 bits per heavy atom. The third-order valence-electron chi connectivity index (χ3n) is 4.13. The van der Waals surface area contributed by atoms with Crippen LogP contribution in [-0.2, 0) is 9.59 Å². The first-order chi connectivity index (χ1) is 12.4. The van der Waals surface area contributed by atoms with E-state index in [-0.39, 0.29) is 25.1 Å². The van der Waals surface area contributed by atoms with Gasteiger partial charge in [-0.25, -0.2) is 8.78 Å². The molecule has 2 heterocycles. The number of benzene rings is 1. The quantitative estimate of drug-likeness (QED) is 0.787. The maximum atomic E-state index is 13.2. The molecule has 0 aliphatic carbocycles. The molecule has 0 bridgehead atoms. The highest BCUT2D eigenvalue weighted by atomic mass is 19.3. The summed E-state index contributed by atoms with van der Waals surface area (Å²) in [6, 6.07) is 6.36. The van der Waals surface area contributed by atoms with Crippen LogP contribution in [0.15, 0.2) is 30.5 Å². The summed E-state index contributed by atoms with van der Waals surface area (Å²) in [5.41, 5.74) is 1.30. The van der Waals surface area contributed by atoms with E-state index in [0.29, 0.717) is 23.0 Å². The molecule has 1 fully saturated rings. The fraction of sp³-hybridized carbons (Fsp3) is 0.294.